The zero-order chi connectivity index (χ0) is 76.3. The van der Waals surface area contributed by atoms with Crippen molar-refractivity contribution >= 4 is 68.2 Å². The average molecular weight is 1460 g/mol. The van der Waals surface area contributed by atoms with Gasteiger partial charge in [-0.2, -0.15) is 0 Å². The van der Waals surface area contributed by atoms with Gasteiger partial charge in [-0.05, 0) is 141 Å². The first-order valence-electron chi connectivity index (χ1n) is 35.5. The van der Waals surface area contributed by atoms with Crippen LogP contribution in [0.25, 0.3) is 55.2 Å². The number of ether oxygens (including phenoxy) is 4. The summed E-state index contributed by atoms with van der Waals surface area (Å²) >= 11 is 0. The zero-order valence-corrected chi connectivity index (χ0v) is 60.0. The quantitative estimate of drug-likeness (QED) is 0.0151. The number of aromatic nitrogens is 3. The van der Waals surface area contributed by atoms with Gasteiger partial charge in [0.1, 0.15) is 25.6 Å². The standard InChI is InChI=1S/C30H27FN2O5.C30H29N3O4.C25H26FN3O4/c1-2-37-29(35)30(17-23(30)28(34)33-36)16-19-12-13-27(24(31)14-19)38-18-21-15-26(20-8-4-3-5-9-20)32-25-11-7-6-10-22(21)25;1-33(2)29(35)30(18-25(30)28(34)32-36)17-20-12-14-23(15-13-20)37-19-22-16-27(21-8-4-3-5-9-21)31-26-11-7-6-10-24(22)26;1-2-5-17-11-16(18-6-3-4-7-21(18)28-17)14-33-22-9-8-15(10-20(22)26)12-25(24(27)31)13-19(25)23(30)29-32/h3-15,23,36H,2,16-18H2,1H3,(H,33,34);3-16,25,36H,17-19H2,1-2H3,(H,32,34);3-4,6-11,19,32H,2,5,12-14H2,1H3,(H2,27,31)(H,29,30)/t23-,30+;25-,30+;19-,25+/m111/s1. The molecule has 0 spiro atoms. The fourth-order valence-electron chi connectivity index (χ4n) is 14.3. The van der Waals surface area contributed by atoms with Crippen LogP contribution in [0.15, 0.2) is 212 Å². The minimum atomic E-state index is -1.12. The number of aryl methyl sites for hydroxylation is 1. The zero-order valence-electron chi connectivity index (χ0n) is 60.0. The second-order valence-electron chi connectivity index (χ2n) is 27.7. The summed E-state index contributed by atoms with van der Waals surface area (Å²) in [6.07, 6.45) is 3.28. The van der Waals surface area contributed by atoms with E-state index in [1.165, 1.54) is 29.2 Å². The van der Waals surface area contributed by atoms with Crippen LogP contribution in [0.3, 0.4) is 0 Å². The van der Waals surface area contributed by atoms with Crippen molar-refractivity contribution in [3.8, 4) is 39.8 Å². The van der Waals surface area contributed by atoms with E-state index in [9.17, 15) is 33.2 Å². The van der Waals surface area contributed by atoms with Crippen molar-refractivity contribution in [1.29, 1.82) is 0 Å². The highest BCUT2D eigenvalue weighted by Crippen LogP contribution is 2.58. The Labute approximate surface area is 621 Å². The molecule has 0 saturated heterocycles. The maximum Gasteiger partial charge on any atom is 0.313 e. The Hall–Kier alpha value is -12.1. The smallest absolute Gasteiger partial charge is 0.313 e. The van der Waals surface area contributed by atoms with Crippen LogP contribution in [-0.4, -0.2) is 91.7 Å². The van der Waals surface area contributed by atoms with Gasteiger partial charge in [0.2, 0.25) is 29.5 Å². The van der Waals surface area contributed by atoms with Crippen LogP contribution in [-0.2, 0) is 79.0 Å². The van der Waals surface area contributed by atoms with E-state index in [4.69, 9.17) is 50.3 Å². The lowest BCUT2D eigenvalue weighted by Gasteiger charge is -2.21. The fraction of sp³-hybridized carbons (Fsp3) is 0.259. The molecule has 0 bridgehead atoms. The molecule has 3 aromatic heterocycles. The number of halogens is 2. The van der Waals surface area contributed by atoms with Crippen molar-refractivity contribution in [3.63, 3.8) is 0 Å². The molecule has 0 aliphatic heterocycles. The first-order chi connectivity index (χ1) is 52.2. The van der Waals surface area contributed by atoms with Crippen LogP contribution < -0.4 is 36.4 Å². The third kappa shape index (κ3) is 16.8. The number of nitrogens with zero attached hydrogens (tertiary/aromatic N) is 4. The number of hydrogen-bond donors (Lipinski definition) is 7. The summed E-state index contributed by atoms with van der Waals surface area (Å²) in [7, 11) is 3.36. The molecule has 3 aliphatic rings. The summed E-state index contributed by atoms with van der Waals surface area (Å²) in [4.78, 5) is 88.9. The lowest BCUT2D eigenvalue weighted by atomic mass is 9.92. The van der Waals surface area contributed by atoms with E-state index in [1.807, 2.05) is 164 Å². The SMILES string of the molecule is CCCc1cc(COc2ccc(C[C@]3(C(N)=O)C[C@@H]3C(=O)NO)cc2F)c2ccccc2n1.CCOC(=O)[C@@]1(Cc2ccc(OCc3cc(-c4ccccc4)nc4ccccc34)c(F)c2)C[C@@H]1C(=O)NO.CN(C)C(=O)[C@@]1(Cc2ccc(OCc3cc(-c4ccccc4)nc4ccccc34)cc2)C[C@@H]1C(=O)NO. The third-order valence-electron chi connectivity index (χ3n) is 20.2. The van der Waals surface area contributed by atoms with Gasteiger partial charge in [-0.15, -0.1) is 0 Å². The molecule has 8 aromatic carbocycles. The Kier molecular flexibility index (Phi) is 23.2. The molecular weight excluding hydrogens is 1380 g/mol. The van der Waals surface area contributed by atoms with Crippen LogP contribution in [0, 0.1) is 45.6 Å². The van der Waals surface area contributed by atoms with Gasteiger partial charge in [0.05, 0.1) is 68.5 Å². The van der Waals surface area contributed by atoms with E-state index in [-0.39, 0.29) is 62.9 Å². The Morgan fingerprint density at radius 1 is 0.481 bits per heavy atom. The van der Waals surface area contributed by atoms with Crippen molar-refractivity contribution in [2.45, 2.75) is 85.0 Å². The van der Waals surface area contributed by atoms with Crippen LogP contribution in [0.1, 0.15) is 78.6 Å². The largest absolute Gasteiger partial charge is 0.489 e. The fourth-order valence-corrected chi connectivity index (χ4v) is 14.3. The van der Waals surface area contributed by atoms with E-state index >= 15 is 4.39 Å². The number of hydrogen-bond acceptors (Lipinski definition) is 16. The molecule has 23 heteroatoms. The molecule has 8 N–H and O–H groups in total. The molecule has 3 aliphatic carbocycles. The maximum atomic E-state index is 15.1. The summed E-state index contributed by atoms with van der Waals surface area (Å²) < 4.78 is 52.9. The molecule has 0 unspecified atom stereocenters. The molecule has 554 valence electrons. The highest BCUT2D eigenvalue weighted by Gasteiger charge is 2.65. The molecule has 108 heavy (non-hydrogen) atoms. The second-order valence-corrected chi connectivity index (χ2v) is 27.7. The number of primary amides is 1. The minimum absolute atomic E-state index is 0.0709. The molecule has 3 fully saturated rings. The van der Waals surface area contributed by atoms with Gasteiger partial charge < -0.3 is 29.6 Å². The molecule has 6 atom stereocenters. The number of nitrogens with two attached hydrogens (primary N) is 1. The Bertz CT molecular complexity index is 5150. The monoisotopic (exact) mass is 1460 g/mol. The van der Waals surface area contributed by atoms with Gasteiger partial charge in [-0.25, -0.2) is 35.2 Å². The number of amides is 5. The molecule has 14 rings (SSSR count). The molecule has 3 saturated carbocycles. The Balaban J connectivity index is 0.000000152. The Morgan fingerprint density at radius 2 is 0.880 bits per heavy atom. The maximum absolute atomic E-state index is 15.1. The number of para-hydroxylation sites is 3. The molecule has 0 radical (unpaired) electrons. The second kappa shape index (κ2) is 33.2. The molecule has 3 heterocycles. The van der Waals surface area contributed by atoms with Gasteiger partial charge in [-0.3, -0.25) is 49.4 Å². The minimum Gasteiger partial charge on any atom is -0.489 e. The number of pyridine rings is 3. The summed E-state index contributed by atoms with van der Waals surface area (Å²) in [5, 5.41) is 29.8. The Morgan fingerprint density at radius 3 is 1.33 bits per heavy atom. The predicted molar refractivity (Wildman–Crippen MR) is 399 cm³/mol. The van der Waals surface area contributed by atoms with E-state index in [0.29, 0.717) is 36.3 Å². The van der Waals surface area contributed by atoms with Crippen molar-refractivity contribution in [1.82, 2.24) is 36.3 Å². The highest BCUT2D eigenvalue weighted by atomic mass is 19.1. The average Bonchev–Trinajstić information content (AvgIpc) is 1.57. The third-order valence-corrected chi connectivity index (χ3v) is 20.2. The van der Waals surface area contributed by atoms with Gasteiger partial charge in [0, 0.05) is 63.8 Å². The number of nitrogens with one attached hydrogen (secondary N) is 3. The molecule has 11 aromatic rings. The van der Waals surface area contributed by atoms with E-state index in [1.54, 1.807) is 49.6 Å². The van der Waals surface area contributed by atoms with Crippen molar-refractivity contribution in [2.75, 3.05) is 20.7 Å². The number of hydroxylamine groups is 3. The number of carbonyl (C=O) groups excluding carboxylic acids is 6. The van der Waals surface area contributed by atoms with Crippen molar-refractivity contribution in [2.24, 2.45) is 39.7 Å². The number of rotatable bonds is 26. The van der Waals surface area contributed by atoms with Crippen LogP contribution >= 0.6 is 0 Å². The summed E-state index contributed by atoms with van der Waals surface area (Å²) in [6, 6.07) is 66.0. The first kappa shape index (κ1) is 75.6. The van der Waals surface area contributed by atoms with Crippen LogP contribution in [0.5, 0.6) is 17.2 Å². The lowest BCUT2D eigenvalue weighted by molar-refractivity contribution is -0.152. The van der Waals surface area contributed by atoms with E-state index in [0.717, 1.165) is 96.0 Å². The van der Waals surface area contributed by atoms with Crippen molar-refractivity contribution < 1.29 is 72.1 Å². The van der Waals surface area contributed by atoms with E-state index in [2.05, 4.69) is 24.0 Å². The molecule has 5 amide bonds. The predicted octanol–water partition coefficient (Wildman–Crippen LogP) is 13.3. The lowest BCUT2D eigenvalue weighted by Crippen LogP contribution is -2.36. The van der Waals surface area contributed by atoms with Gasteiger partial charge in [0.15, 0.2) is 23.1 Å². The molecular formula is C85H82F2N8O13. The topological polar surface area (TPSA) is 304 Å². The number of carbonyl (C=O) groups is 6. The highest BCUT2D eigenvalue weighted by molar-refractivity contribution is 5.97. The summed E-state index contributed by atoms with van der Waals surface area (Å²) in [5.74, 6) is -5.41. The summed E-state index contributed by atoms with van der Waals surface area (Å²) in [5.41, 5.74) is 19.4. The van der Waals surface area contributed by atoms with Crippen molar-refractivity contribution in [3.05, 3.63) is 263 Å². The van der Waals surface area contributed by atoms with Gasteiger partial charge in [-0.1, -0.05) is 153 Å². The normalized spacial score (nSPS) is 18.5. The molecule has 21 nitrogen and oxygen atoms in total. The number of fused-ring (bicyclic) bond motifs is 3. The summed E-state index contributed by atoms with van der Waals surface area (Å²) in [6.45, 7) is 4.61. The number of esters is 1. The van der Waals surface area contributed by atoms with Gasteiger partial charge in [0.25, 0.3) is 0 Å². The van der Waals surface area contributed by atoms with Crippen LogP contribution in [0.2, 0.25) is 0 Å². The van der Waals surface area contributed by atoms with Gasteiger partial charge >= 0.3 is 5.97 Å². The number of benzene rings is 8. The first-order valence-corrected chi connectivity index (χ1v) is 35.5. The van der Waals surface area contributed by atoms with Crippen LogP contribution in [0.4, 0.5) is 8.78 Å². The van der Waals surface area contributed by atoms with E-state index < -0.39 is 75.2 Å².